The van der Waals surface area contributed by atoms with Gasteiger partial charge in [-0.25, -0.2) is 0 Å². The number of morpholine rings is 1. The minimum absolute atomic E-state index is 0.0439. The highest BCUT2D eigenvalue weighted by Crippen LogP contribution is 2.26. The normalized spacial score (nSPS) is 17.2. The number of hydrogen-bond donors (Lipinski definition) is 2. The molecule has 3 aromatic rings. The maximum Gasteiger partial charge on any atom is 0.265 e. The number of nitrogens with zero attached hydrogens (tertiary/aromatic N) is 1. The molecule has 2 aromatic carbocycles. The first-order valence-corrected chi connectivity index (χ1v) is 11.5. The van der Waals surface area contributed by atoms with Gasteiger partial charge in [-0.15, -0.1) is 11.3 Å². The second-order valence-electron chi connectivity index (χ2n) is 7.76. The largest absolute Gasteiger partial charge is 0.386 e. The average molecular weight is 451 g/mol. The number of carbonyl (C=O) groups is 2. The predicted octanol–water partition coefficient (Wildman–Crippen LogP) is 3.89. The predicted molar refractivity (Wildman–Crippen MR) is 125 cm³/mol. The van der Waals surface area contributed by atoms with E-state index in [9.17, 15) is 14.7 Å². The van der Waals surface area contributed by atoms with Crippen LogP contribution >= 0.6 is 11.3 Å². The van der Waals surface area contributed by atoms with E-state index in [0.29, 0.717) is 22.7 Å². The van der Waals surface area contributed by atoms with Crippen LogP contribution in [0.15, 0.2) is 72.1 Å². The van der Waals surface area contributed by atoms with Crippen LogP contribution in [0.2, 0.25) is 0 Å². The van der Waals surface area contributed by atoms with Crippen molar-refractivity contribution in [3.63, 3.8) is 0 Å². The molecule has 1 aromatic heterocycles. The Morgan fingerprint density at radius 1 is 1.12 bits per heavy atom. The number of anilines is 1. The van der Waals surface area contributed by atoms with Crippen molar-refractivity contribution in [2.45, 2.75) is 25.0 Å². The summed E-state index contributed by atoms with van der Waals surface area (Å²) in [5.41, 5.74) is 2.55. The van der Waals surface area contributed by atoms with Gasteiger partial charge in [-0.05, 0) is 47.5 Å². The van der Waals surface area contributed by atoms with E-state index in [1.807, 2.05) is 29.6 Å². The highest BCUT2D eigenvalue weighted by Gasteiger charge is 2.34. The summed E-state index contributed by atoms with van der Waals surface area (Å²) in [6.45, 7) is 0.894. The zero-order chi connectivity index (χ0) is 22.3. The van der Waals surface area contributed by atoms with Crippen molar-refractivity contribution in [2.75, 3.05) is 25.1 Å². The third-order valence-electron chi connectivity index (χ3n) is 5.56. The zero-order valence-corrected chi connectivity index (χ0v) is 18.5. The van der Waals surface area contributed by atoms with Crippen molar-refractivity contribution in [3.05, 3.63) is 88.1 Å². The van der Waals surface area contributed by atoms with Crippen LogP contribution in [0.3, 0.4) is 0 Å². The Morgan fingerprint density at radius 2 is 1.91 bits per heavy atom. The third kappa shape index (κ3) is 5.43. The quantitative estimate of drug-likeness (QED) is 0.546. The van der Waals surface area contributed by atoms with Crippen LogP contribution in [0.1, 0.15) is 33.3 Å². The standard InChI is InChI=1S/C25H26N2O4S/c28-23-17-31-16-21(27(23)14-4-8-18-6-2-1-3-7-18)24(29)19-10-12-20(13-11-19)26-25(30)22-9-5-15-32-22/h1-3,5-7,9-13,15,21,24,29H,4,8,14,16-17H2,(H,26,30). The number of benzene rings is 2. The number of hydrogen-bond acceptors (Lipinski definition) is 5. The van der Waals surface area contributed by atoms with Gasteiger partial charge < -0.3 is 20.1 Å². The molecule has 7 heteroatoms. The lowest BCUT2D eigenvalue weighted by Gasteiger charge is -2.38. The van der Waals surface area contributed by atoms with Gasteiger partial charge in [0.25, 0.3) is 5.91 Å². The number of nitrogens with one attached hydrogen (secondary N) is 1. The van der Waals surface area contributed by atoms with Crippen molar-refractivity contribution in [3.8, 4) is 0 Å². The van der Waals surface area contributed by atoms with Crippen LogP contribution in [0.4, 0.5) is 5.69 Å². The fraction of sp³-hybridized carbons (Fsp3) is 0.280. The summed E-state index contributed by atoms with van der Waals surface area (Å²) < 4.78 is 5.44. The molecular formula is C25H26N2O4S. The number of amides is 2. The summed E-state index contributed by atoms with van der Waals surface area (Å²) in [7, 11) is 0. The number of aliphatic hydroxyl groups is 1. The van der Waals surface area contributed by atoms with Crippen LogP contribution in [-0.4, -0.2) is 47.6 Å². The first-order valence-electron chi connectivity index (χ1n) is 10.7. The zero-order valence-electron chi connectivity index (χ0n) is 17.6. The highest BCUT2D eigenvalue weighted by atomic mass is 32.1. The molecule has 2 unspecified atom stereocenters. The Labute approximate surface area is 191 Å². The van der Waals surface area contributed by atoms with Gasteiger partial charge in [-0.3, -0.25) is 9.59 Å². The number of aliphatic hydroxyl groups excluding tert-OH is 1. The molecule has 1 saturated heterocycles. The fourth-order valence-electron chi connectivity index (χ4n) is 3.86. The van der Waals surface area contributed by atoms with E-state index in [-0.39, 0.29) is 25.0 Å². The van der Waals surface area contributed by atoms with Crippen LogP contribution < -0.4 is 5.32 Å². The molecule has 2 heterocycles. The monoisotopic (exact) mass is 450 g/mol. The van der Waals surface area contributed by atoms with E-state index in [4.69, 9.17) is 4.74 Å². The lowest BCUT2D eigenvalue weighted by Crippen LogP contribution is -2.52. The van der Waals surface area contributed by atoms with E-state index in [0.717, 1.165) is 12.8 Å². The molecule has 1 aliphatic heterocycles. The van der Waals surface area contributed by atoms with Crippen LogP contribution in [0.25, 0.3) is 0 Å². The van der Waals surface area contributed by atoms with Gasteiger partial charge in [0.2, 0.25) is 5.91 Å². The van der Waals surface area contributed by atoms with Gasteiger partial charge in [0.05, 0.1) is 17.5 Å². The minimum atomic E-state index is -0.877. The molecular weight excluding hydrogens is 424 g/mol. The number of thiophene rings is 1. The van der Waals surface area contributed by atoms with Gasteiger partial charge in [-0.1, -0.05) is 48.5 Å². The van der Waals surface area contributed by atoms with Crippen molar-refractivity contribution < 1.29 is 19.4 Å². The molecule has 2 N–H and O–H groups in total. The summed E-state index contributed by atoms with van der Waals surface area (Å²) >= 11 is 1.38. The van der Waals surface area contributed by atoms with E-state index < -0.39 is 12.1 Å². The molecule has 1 aliphatic rings. The maximum atomic E-state index is 12.5. The Morgan fingerprint density at radius 3 is 2.62 bits per heavy atom. The van der Waals surface area contributed by atoms with Crippen LogP contribution in [-0.2, 0) is 16.0 Å². The molecule has 0 aliphatic carbocycles. The minimum Gasteiger partial charge on any atom is -0.386 e. The second kappa shape index (κ2) is 10.5. The SMILES string of the molecule is O=C(Nc1ccc(C(O)C2COCC(=O)N2CCCc2ccccc2)cc1)c1cccs1. The molecule has 4 rings (SSSR count). The molecule has 0 saturated carbocycles. The third-order valence-corrected chi connectivity index (χ3v) is 6.43. The van der Waals surface area contributed by atoms with Crippen molar-refractivity contribution in [1.82, 2.24) is 4.90 Å². The number of ether oxygens (including phenoxy) is 1. The van der Waals surface area contributed by atoms with Gasteiger partial charge in [-0.2, -0.15) is 0 Å². The molecule has 0 radical (unpaired) electrons. The Hall–Kier alpha value is -3.00. The first kappa shape index (κ1) is 22.2. The second-order valence-corrected chi connectivity index (χ2v) is 8.70. The first-order chi connectivity index (χ1) is 15.6. The van der Waals surface area contributed by atoms with Crippen molar-refractivity contribution in [2.24, 2.45) is 0 Å². The molecule has 6 nitrogen and oxygen atoms in total. The van der Waals surface area contributed by atoms with E-state index in [2.05, 4.69) is 17.4 Å². The summed E-state index contributed by atoms with van der Waals surface area (Å²) in [6, 6.07) is 20.4. The lowest BCUT2D eigenvalue weighted by molar-refractivity contribution is -0.154. The topological polar surface area (TPSA) is 78.9 Å². The molecule has 166 valence electrons. The number of rotatable bonds is 8. The van der Waals surface area contributed by atoms with Gasteiger partial charge >= 0.3 is 0 Å². The molecule has 32 heavy (non-hydrogen) atoms. The van der Waals surface area contributed by atoms with Crippen molar-refractivity contribution in [1.29, 1.82) is 0 Å². The summed E-state index contributed by atoms with van der Waals surface area (Å²) in [6.07, 6.45) is 0.803. The molecule has 1 fully saturated rings. The Balaban J connectivity index is 1.38. The van der Waals surface area contributed by atoms with E-state index in [1.54, 1.807) is 35.2 Å². The number of aryl methyl sites for hydroxylation is 1. The van der Waals surface area contributed by atoms with Gasteiger partial charge in [0.15, 0.2) is 0 Å². The fourth-order valence-corrected chi connectivity index (χ4v) is 4.48. The summed E-state index contributed by atoms with van der Waals surface area (Å²) in [4.78, 5) is 27.1. The smallest absolute Gasteiger partial charge is 0.265 e. The van der Waals surface area contributed by atoms with Crippen molar-refractivity contribution >= 4 is 28.8 Å². The van der Waals surface area contributed by atoms with Crippen LogP contribution in [0, 0.1) is 0 Å². The van der Waals surface area contributed by atoms with E-state index in [1.165, 1.54) is 16.9 Å². The average Bonchev–Trinajstić information content (AvgIpc) is 3.36. The molecule has 2 amide bonds. The molecule has 0 bridgehead atoms. The summed E-state index contributed by atoms with van der Waals surface area (Å²) in [5.74, 6) is -0.266. The van der Waals surface area contributed by atoms with Gasteiger partial charge in [0.1, 0.15) is 12.7 Å². The summed E-state index contributed by atoms with van der Waals surface area (Å²) in [5, 5.41) is 15.7. The molecule has 0 spiro atoms. The van der Waals surface area contributed by atoms with Gasteiger partial charge in [0, 0.05) is 12.2 Å². The van der Waals surface area contributed by atoms with E-state index >= 15 is 0 Å². The lowest BCUT2D eigenvalue weighted by atomic mass is 9.99. The molecule has 2 atom stereocenters. The Bertz CT molecular complexity index is 1020. The number of carbonyl (C=O) groups excluding carboxylic acids is 2. The maximum absolute atomic E-state index is 12.5. The Kier molecular flexibility index (Phi) is 7.32. The highest BCUT2D eigenvalue weighted by molar-refractivity contribution is 7.12. The van der Waals surface area contributed by atoms with Crippen LogP contribution in [0.5, 0.6) is 0 Å².